The van der Waals surface area contributed by atoms with E-state index in [-0.39, 0.29) is 18.9 Å². The quantitative estimate of drug-likeness (QED) is 0.497. The normalized spacial score (nSPS) is 22.4. The minimum Gasteiger partial charge on any atom is -0.385 e. The molecule has 0 radical (unpaired) electrons. The first-order valence-corrected chi connectivity index (χ1v) is 6.10. The molecular weight excluding hydrogens is 225 g/mol. The van der Waals surface area contributed by atoms with E-state index in [2.05, 4.69) is 0 Å². The summed E-state index contributed by atoms with van der Waals surface area (Å²) in [5.41, 5.74) is 0. The number of amides is 1. The topological polar surface area (TPSA) is 63.7 Å². The van der Waals surface area contributed by atoms with Gasteiger partial charge in [0.15, 0.2) is 0 Å². The van der Waals surface area contributed by atoms with Crippen molar-refractivity contribution in [1.82, 2.24) is 4.90 Å². The van der Waals surface area contributed by atoms with E-state index in [0.717, 1.165) is 0 Å². The van der Waals surface area contributed by atoms with Crippen molar-refractivity contribution in [2.24, 2.45) is 0 Å². The molecule has 0 N–H and O–H groups in total. The maximum atomic E-state index is 12.6. The van der Waals surface area contributed by atoms with Crippen molar-refractivity contribution in [2.75, 3.05) is 26.8 Å². The van der Waals surface area contributed by atoms with Crippen LogP contribution >= 0.6 is 0 Å². The fourth-order valence-electron chi connectivity index (χ4n) is 1.54. The fraction of sp³-hybridized carbons (Fsp3) is 0.875. The average molecular weight is 239 g/mol. The molecule has 1 amide bonds. The molecule has 7 heteroatoms. The molecule has 1 aliphatic rings. The van der Waals surface area contributed by atoms with Gasteiger partial charge in [-0.25, -0.2) is 0 Å². The lowest BCUT2D eigenvalue weighted by atomic mass is 10.4. The van der Waals surface area contributed by atoms with Crippen molar-refractivity contribution in [2.45, 2.75) is 18.1 Å². The third-order valence-electron chi connectivity index (χ3n) is 2.35. The number of hydrogen-bond acceptors (Lipinski definition) is 4. The lowest BCUT2D eigenvalue weighted by Gasteiger charge is -2.15. The highest BCUT2D eigenvalue weighted by molar-refractivity contribution is 7.87. The van der Waals surface area contributed by atoms with Crippen molar-refractivity contribution >= 4 is 16.1 Å². The van der Waals surface area contributed by atoms with Gasteiger partial charge >= 0.3 is 10.2 Å². The summed E-state index contributed by atoms with van der Waals surface area (Å²) in [7, 11) is -3.05. The third-order valence-corrected chi connectivity index (χ3v) is 3.47. The van der Waals surface area contributed by atoms with Gasteiger partial charge in [0.25, 0.3) is 0 Å². The van der Waals surface area contributed by atoms with Gasteiger partial charge in [-0.3, -0.25) is 4.79 Å². The van der Waals surface area contributed by atoms with Crippen molar-refractivity contribution in [3.63, 3.8) is 0 Å². The van der Waals surface area contributed by atoms with Crippen LogP contribution in [0.5, 0.6) is 0 Å². The zero-order chi connectivity index (χ0) is 11.5. The Bertz CT molecular complexity index is 330. The summed E-state index contributed by atoms with van der Waals surface area (Å²) < 4.78 is 38.6. The van der Waals surface area contributed by atoms with E-state index >= 15 is 0 Å². The van der Waals surface area contributed by atoms with E-state index in [1.807, 2.05) is 0 Å². The smallest absolute Gasteiger partial charge is 0.307 e. The summed E-state index contributed by atoms with van der Waals surface area (Å²) in [4.78, 5) is 12.6. The monoisotopic (exact) mass is 239 g/mol. The zero-order valence-corrected chi connectivity index (χ0v) is 9.30. The van der Waals surface area contributed by atoms with Gasteiger partial charge in [0, 0.05) is 33.2 Å². The zero-order valence-electron chi connectivity index (χ0n) is 8.48. The first-order valence-electron chi connectivity index (χ1n) is 4.65. The Hall–Kier alpha value is -0.690. The van der Waals surface area contributed by atoms with Crippen LogP contribution in [0.15, 0.2) is 0 Å². The largest absolute Gasteiger partial charge is 0.385 e. The number of ether oxygens (including phenoxy) is 1. The number of carbonyl (C=O) groups excluding carboxylic acids is 1. The molecule has 0 aromatic heterocycles. The number of methoxy groups -OCH3 is 1. The molecule has 0 spiro atoms. The van der Waals surface area contributed by atoms with E-state index < -0.39 is 15.5 Å². The number of likely N-dealkylation sites (tertiary alicyclic amines) is 1. The lowest BCUT2D eigenvalue weighted by Crippen LogP contribution is -2.28. The highest BCUT2D eigenvalue weighted by Gasteiger charge is 2.37. The Balaban J connectivity index is 2.46. The van der Waals surface area contributed by atoms with Crippen LogP contribution in [0.2, 0.25) is 0 Å². The van der Waals surface area contributed by atoms with Crippen LogP contribution in [0.4, 0.5) is 3.89 Å². The van der Waals surface area contributed by atoms with Gasteiger partial charge in [-0.05, 0) is 6.42 Å². The van der Waals surface area contributed by atoms with Crippen molar-refractivity contribution in [1.29, 1.82) is 0 Å². The number of halogens is 1. The van der Waals surface area contributed by atoms with Crippen molar-refractivity contribution in [3.8, 4) is 0 Å². The second kappa shape index (κ2) is 4.89. The van der Waals surface area contributed by atoms with Crippen LogP contribution in [0.1, 0.15) is 12.8 Å². The van der Waals surface area contributed by atoms with Gasteiger partial charge in [0.1, 0.15) is 5.25 Å². The second-order valence-corrected chi connectivity index (χ2v) is 5.11. The molecule has 1 heterocycles. The summed E-state index contributed by atoms with van der Waals surface area (Å²) in [6, 6.07) is 0. The molecule has 0 saturated carbocycles. The van der Waals surface area contributed by atoms with Crippen LogP contribution in [-0.2, 0) is 19.8 Å². The molecule has 1 rings (SSSR count). The molecule has 1 fully saturated rings. The Morgan fingerprint density at radius 2 is 2.27 bits per heavy atom. The molecule has 5 nitrogen and oxygen atoms in total. The number of nitrogens with zero attached hydrogens (tertiary/aromatic N) is 1. The predicted octanol–water partition coefficient (Wildman–Crippen LogP) is -0.0769. The van der Waals surface area contributed by atoms with E-state index in [1.54, 1.807) is 7.11 Å². The van der Waals surface area contributed by atoms with Crippen molar-refractivity contribution in [3.05, 3.63) is 0 Å². The third kappa shape index (κ3) is 3.42. The summed E-state index contributed by atoms with van der Waals surface area (Å²) in [6.45, 7) is 0.872. The molecule has 1 aliphatic heterocycles. The van der Waals surface area contributed by atoms with E-state index in [1.165, 1.54) is 4.90 Å². The van der Waals surface area contributed by atoms with Crippen LogP contribution in [0.3, 0.4) is 0 Å². The minimum atomic E-state index is -4.59. The molecule has 1 unspecified atom stereocenters. The lowest BCUT2D eigenvalue weighted by molar-refractivity contribution is -0.127. The molecule has 1 saturated heterocycles. The van der Waals surface area contributed by atoms with Gasteiger partial charge < -0.3 is 9.64 Å². The summed E-state index contributed by atoms with van der Waals surface area (Å²) >= 11 is 0. The van der Waals surface area contributed by atoms with Gasteiger partial charge in [-0.15, -0.1) is 3.89 Å². The molecule has 0 aromatic carbocycles. The second-order valence-electron chi connectivity index (χ2n) is 3.49. The SMILES string of the molecule is COCCCN1CC(S(=O)(=O)F)CC1=O. The fourth-order valence-corrected chi connectivity index (χ4v) is 2.24. The van der Waals surface area contributed by atoms with E-state index in [4.69, 9.17) is 4.74 Å². The molecular formula is C8H14FNO4S. The van der Waals surface area contributed by atoms with Gasteiger partial charge in [-0.2, -0.15) is 8.42 Å². The summed E-state index contributed by atoms with van der Waals surface area (Å²) in [5.74, 6) is -0.308. The maximum Gasteiger partial charge on any atom is 0.307 e. The first-order chi connectivity index (χ1) is 6.95. The highest BCUT2D eigenvalue weighted by atomic mass is 32.3. The summed E-state index contributed by atoms with van der Waals surface area (Å²) in [6.07, 6.45) is 0.382. The van der Waals surface area contributed by atoms with E-state index in [0.29, 0.717) is 19.6 Å². The Labute approximate surface area is 88.4 Å². The van der Waals surface area contributed by atoms with Gasteiger partial charge in [0.05, 0.1) is 0 Å². The van der Waals surface area contributed by atoms with Crippen LogP contribution < -0.4 is 0 Å². The Kier molecular flexibility index (Phi) is 4.04. The first kappa shape index (κ1) is 12.4. The molecule has 0 aromatic rings. The van der Waals surface area contributed by atoms with Crippen LogP contribution in [0.25, 0.3) is 0 Å². The average Bonchev–Trinajstić information content (AvgIpc) is 2.48. The standard InChI is InChI=1S/C8H14FNO4S/c1-14-4-2-3-10-6-7(5-8(10)11)15(9,12)13/h7H,2-6H2,1H3. The number of rotatable bonds is 5. The number of carbonyl (C=O) groups is 1. The molecule has 15 heavy (non-hydrogen) atoms. The molecule has 0 bridgehead atoms. The van der Waals surface area contributed by atoms with E-state index in [9.17, 15) is 17.1 Å². The molecule has 88 valence electrons. The molecule has 1 atom stereocenters. The number of hydrogen-bond donors (Lipinski definition) is 0. The minimum absolute atomic E-state index is 0.0403. The van der Waals surface area contributed by atoms with Crippen LogP contribution in [-0.4, -0.2) is 51.3 Å². The maximum absolute atomic E-state index is 12.6. The Morgan fingerprint density at radius 3 is 2.73 bits per heavy atom. The summed E-state index contributed by atoms with van der Waals surface area (Å²) in [5, 5.41) is -1.19. The Morgan fingerprint density at radius 1 is 1.60 bits per heavy atom. The van der Waals surface area contributed by atoms with Gasteiger partial charge in [0.2, 0.25) is 5.91 Å². The van der Waals surface area contributed by atoms with Crippen LogP contribution in [0, 0.1) is 0 Å². The predicted molar refractivity (Wildman–Crippen MR) is 51.5 cm³/mol. The molecule has 0 aliphatic carbocycles. The van der Waals surface area contributed by atoms with Crippen molar-refractivity contribution < 1.29 is 21.8 Å². The van der Waals surface area contributed by atoms with Gasteiger partial charge in [-0.1, -0.05) is 0 Å². The highest BCUT2D eigenvalue weighted by Crippen LogP contribution is 2.19.